The number of hydrogen-bond donors (Lipinski definition) is 2. The van der Waals surface area contributed by atoms with Crippen LogP contribution in [0.25, 0.3) is 0 Å². The number of nitrogen functional groups attached to an aromatic ring is 1. The van der Waals surface area contributed by atoms with Crippen molar-refractivity contribution in [3.05, 3.63) is 0 Å². The summed E-state index contributed by atoms with van der Waals surface area (Å²) in [4.78, 5) is 16.5. The summed E-state index contributed by atoms with van der Waals surface area (Å²) in [7, 11) is 3.73. The third-order valence-corrected chi connectivity index (χ3v) is 3.09. The summed E-state index contributed by atoms with van der Waals surface area (Å²) in [6.07, 6.45) is 2.09. The summed E-state index contributed by atoms with van der Waals surface area (Å²) in [6.45, 7) is 1.87. The molecule has 0 aromatic carbocycles. The van der Waals surface area contributed by atoms with Gasteiger partial charge in [0.15, 0.2) is 0 Å². The standard InChI is InChI=1S/C11H20N6O/c1-16(2)10-13-9(12)14-11(15-10)17-5-3-4-8(6-17)7-18/h8,18H,3-7H2,1-2H3,(H2,12,13,14,15). The van der Waals surface area contributed by atoms with E-state index in [0.717, 1.165) is 25.9 Å². The fraction of sp³-hybridized carbons (Fsp3) is 0.727. The summed E-state index contributed by atoms with van der Waals surface area (Å²) < 4.78 is 0. The van der Waals surface area contributed by atoms with Crippen molar-refractivity contribution in [2.45, 2.75) is 12.8 Å². The van der Waals surface area contributed by atoms with Gasteiger partial charge in [0.2, 0.25) is 17.8 Å². The minimum atomic E-state index is 0.206. The topological polar surface area (TPSA) is 91.4 Å². The highest BCUT2D eigenvalue weighted by Crippen LogP contribution is 2.21. The fourth-order valence-corrected chi connectivity index (χ4v) is 2.11. The fourth-order valence-electron chi connectivity index (χ4n) is 2.11. The summed E-state index contributed by atoms with van der Waals surface area (Å²) in [6, 6.07) is 0. The van der Waals surface area contributed by atoms with E-state index in [-0.39, 0.29) is 12.6 Å². The molecule has 1 fully saturated rings. The van der Waals surface area contributed by atoms with E-state index in [0.29, 0.717) is 17.8 Å². The zero-order chi connectivity index (χ0) is 13.1. The largest absolute Gasteiger partial charge is 0.396 e. The van der Waals surface area contributed by atoms with Crippen LogP contribution in [-0.4, -0.2) is 53.9 Å². The van der Waals surface area contributed by atoms with Gasteiger partial charge in [-0.1, -0.05) is 0 Å². The van der Waals surface area contributed by atoms with Crippen molar-refractivity contribution < 1.29 is 5.11 Å². The molecule has 100 valence electrons. The molecule has 0 saturated carbocycles. The number of nitrogens with zero attached hydrogens (tertiary/aromatic N) is 5. The molecule has 18 heavy (non-hydrogen) atoms. The van der Waals surface area contributed by atoms with Gasteiger partial charge in [-0.2, -0.15) is 15.0 Å². The molecule has 0 radical (unpaired) electrons. The second-order valence-corrected chi connectivity index (χ2v) is 4.82. The average Bonchev–Trinajstić information content (AvgIpc) is 2.38. The van der Waals surface area contributed by atoms with Gasteiger partial charge in [0, 0.05) is 33.8 Å². The van der Waals surface area contributed by atoms with Gasteiger partial charge in [0.25, 0.3) is 0 Å². The molecule has 0 bridgehead atoms. The van der Waals surface area contributed by atoms with Crippen LogP contribution in [-0.2, 0) is 0 Å². The van der Waals surface area contributed by atoms with Crippen LogP contribution >= 0.6 is 0 Å². The first-order chi connectivity index (χ1) is 8.60. The first kappa shape index (κ1) is 12.8. The number of anilines is 3. The molecule has 3 N–H and O–H groups in total. The molecule has 1 atom stereocenters. The molecule has 2 heterocycles. The molecule has 0 amide bonds. The predicted octanol–water partition coefficient (Wildman–Crippen LogP) is -0.271. The Kier molecular flexibility index (Phi) is 3.81. The Morgan fingerprint density at radius 3 is 2.83 bits per heavy atom. The Hall–Kier alpha value is -1.63. The Bertz CT molecular complexity index is 411. The molecular formula is C11H20N6O. The second kappa shape index (κ2) is 5.34. The lowest BCUT2D eigenvalue weighted by Gasteiger charge is -2.32. The van der Waals surface area contributed by atoms with Crippen LogP contribution < -0.4 is 15.5 Å². The van der Waals surface area contributed by atoms with Crippen LogP contribution in [0.1, 0.15) is 12.8 Å². The molecule has 1 aromatic heterocycles. The Morgan fingerprint density at radius 1 is 1.39 bits per heavy atom. The van der Waals surface area contributed by atoms with Crippen LogP contribution in [0.4, 0.5) is 17.8 Å². The normalized spacial score (nSPS) is 19.9. The monoisotopic (exact) mass is 252 g/mol. The first-order valence-corrected chi connectivity index (χ1v) is 6.15. The lowest BCUT2D eigenvalue weighted by atomic mass is 9.99. The zero-order valence-electron chi connectivity index (χ0n) is 10.9. The number of rotatable bonds is 3. The van der Waals surface area contributed by atoms with Crippen molar-refractivity contribution in [2.24, 2.45) is 5.92 Å². The summed E-state index contributed by atoms with van der Waals surface area (Å²) in [5.41, 5.74) is 5.71. The van der Waals surface area contributed by atoms with E-state index >= 15 is 0 Å². The van der Waals surface area contributed by atoms with E-state index in [1.807, 2.05) is 14.1 Å². The van der Waals surface area contributed by atoms with Gasteiger partial charge in [-0.25, -0.2) is 0 Å². The molecule has 2 rings (SSSR count). The predicted molar refractivity (Wildman–Crippen MR) is 70.6 cm³/mol. The molecule has 1 saturated heterocycles. The third-order valence-electron chi connectivity index (χ3n) is 3.09. The van der Waals surface area contributed by atoms with Gasteiger partial charge in [-0.05, 0) is 18.8 Å². The van der Waals surface area contributed by atoms with Gasteiger partial charge in [0.1, 0.15) is 0 Å². The van der Waals surface area contributed by atoms with Crippen LogP contribution in [0.2, 0.25) is 0 Å². The maximum absolute atomic E-state index is 9.24. The van der Waals surface area contributed by atoms with Gasteiger partial charge >= 0.3 is 0 Å². The Balaban J connectivity index is 2.21. The number of aromatic nitrogens is 3. The van der Waals surface area contributed by atoms with Gasteiger partial charge < -0.3 is 20.6 Å². The van der Waals surface area contributed by atoms with Gasteiger partial charge in [0.05, 0.1) is 0 Å². The van der Waals surface area contributed by atoms with Crippen LogP contribution in [0.5, 0.6) is 0 Å². The van der Waals surface area contributed by atoms with Gasteiger partial charge in [-0.3, -0.25) is 0 Å². The highest BCUT2D eigenvalue weighted by atomic mass is 16.3. The van der Waals surface area contributed by atoms with Crippen molar-refractivity contribution in [1.29, 1.82) is 0 Å². The lowest BCUT2D eigenvalue weighted by molar-refractivity contribution is 0.208. The summed E-state index contributed by atoms with van der Waals surface area (Å²) >= 11 is 0. The third kappa shape index (κ3) is 2.79. The zero-order valence-corrected chi connectivity index (χ0v) is 10.9. The van der Waals surface area contributed by atoms with Crippen molar-refractivity contribution >= 4 is 17.8 Å². The molecule has 0 spiro atoms. The van der Waals surface area contributed by atoms with Crippen LogP contribution in [0.3, 0.4) is 0 Å². The smallest absolute Gasteiger partial charge is 0.231 e. The molecule has 1 aliphatic heterocycles. The van der Waals surface area contributed by atoms with Crippen molar-refractivity contribution in [3.63, 3.8) is 0 Å². The molecule has 1 unspecified atom stereocenters. The molecule has 1 aromatic rings. The number of hydrogen-bond acceptors (Lipinski definition) is 7. The van der Waals surface area contributed by atoms with Crippen molar-refractivity contribution in [1.82, 2.24) is 15.0 Å². The lowest BCUT2D eigenvalue weighted by Crippen LogP contribution is -2.38. The molecule has 7 nitrogen and oxygen atoms in total. The highest BCUT2D eigenvalue weighted by Gasteiger charge is 2.22. The molecular weight excluding hydrogens is 232 g/mol. The van der Waals surface area contributed by atoms with E-state index in [2.05, 4.69) is 19.9 Å². The maximum atomic E-state index is 9.24. The van der Waals surface area contributed by atoms with Crippen molar-refractivity contribution in [2.75, 3.05) is 49.3 Å². The number of aliphatic hydroxyl groups is 1. The van der Waals surface area contributed by atoms with E-state index in [1.54, 1.807) is 4.90 Å². The summed E-state index contributed by atoms with van der Waals surface area (Å²) in [5.74, 6) is 1.68. The van der Waals surface area contributed by atoms with Gasteiger partial charge in [-0.15, -0.1) is 0 Å². The Labute approximate surface area is 107 Å². The molecule has 1 aliphatic rings. The van der Waals surface area contributed by atoms with E-state index < -0.39 is 0 Å². The number of aliphatic hydroxyl groups excluding tert-OH is 1. The quantitative estimate of drug-likeness (QED) is 0.765. The average molecular weight is 252 g/mol. The minimum absolute atomic E-state index is 0.206. The van der Waals surface area contributed by atoms with E-state index in [1.165, 1.54) is 0 Å². The second-order valence-electron chi connectivity index (χ2n) is 4.82. The number of nitrogens with two attached hydrogens (primary N) is 1. The van der Waals surface area contributed by atoms with Crippen LogP contribution in [0, 0.1) is 5.92 Å². The maximum Gasteiger partial charge on any atom is 0.231 e. The SMILES string of the molecule is CN(C)c1nc(N)nc(N2CCCC(CO)C2)n1. The Morgan fingerprint density at radius 2 is 2.17 bits per heavy atom. The first-order valence-electron chi connectivity index (χ1n) is 6.15. The van der Waals surface area contributed by atoms with E-state index in [4.69, 9.17) is 5.73 Å². The molecule has 0 aliphatic carbocycles. The highest BCUT2D eigenvalue weighted by molar-refractivity contribution is 5.42. The summed E-state index contributed by atoms with van der Waals surface area (Å²) in [5, 5.41) is 9.24. The molecule has 7 heteroatoms. The minimum Gasteiger partial charge on any atom is -0.396 e. The number of piperidine rings is 1. The van der Waals surface area contributed by atoms with E-state index in [9.17, 15) is 5.11 Å². The van der Waals surface area contributed by atoms with Crippen molar-refractivity contribution in [3.8, 4) is 0 Å². The van der Waals surface area contributed by atoms with Crippen LogP contribution in [0.15, 0.2) is 0 Å².